The van der Waals surface area contributed by atoms with Crippen molar-refractivity contribution in [2.75, 3.05) is 0 Å². The third-order valence-corrected chi connectivity index (χ3v) is 3.84. The zero-order valence-electron chi connectivity index (χ0n) is 14.9. The quantitative estimate of drug-likeness (QED) is 0.584. The van der Waals surface area contributed by atoms with Crippen molar-refractivity contribution in [2.24, 2.45) is 0 Å². The minimum absolute atomic E-state index is 0.0444. The summed E-state index contributed by atoms with van der Waals surface area (Å²) < 4.78 is 5.57. The maximum absolute atomic E-state index is 11.6. The van der Waals surface area contributed by atoms with E-state index < -0.39 is 18.1 Å². The van der Waals surface area contributed by atoms with Crippen molar-refractivity contribution in [1.29, 1.82) is 0 Å². The van der Waals surface area contributed by atoms with E-state index in [1.165, 1.54) is 12.1 Å². The predicted molar refractivity (Wildman–Crippen MR) is 97.0 cm³/mol. The predicted octanol–water partition coefficient (Wildman–Crippen LogP) is 3.90. The van der Waals surface area contributed by atoms with Gasteiger partial charge in [0.15, 0.2) is 11.5 Å². The molecule has 0 unspecified atom stereocenters. The number of carboxylic acid groups (broad SMARTS) is 1. The van der Waals surface area contributed by atoms with Crippen molar-refractivity contribution in [3.05, 3.63) is 58.2 Å². The molecule has 6 heteroatoms. The number of carbonyl (C=O) groups is 1. The van der Waals surface area contributed by atoms with Crippen LogP contribution in [0.15, 0.2) is 35.9 Å². The van der Waals surface area contributed by atoms with Gasteiger partial charge < -0.3 is 25.2 Å². The first-order valence-electron chi connectivity index (χ1n) is 8.07. The van der Waals surface area contributed by atoms with Crippen LogP contribution in [-0.2, 0) is 13.0 Å². The minimum Gasteiger partial charge on any atom is -0.507 e. The molecule has 0 radical (unpaired) electrons. The molecule has 0 atom stereocenters. The van der Waals surface area contributed by atoms with Gasteiger partial charge in [0.05, 0.1) is 6.61 Å². The number of aliphatic hydroxyl groups excluding tert-OH is 1. The van der Waals surface area contributed by atoms with Crippen molar-refractivity contribution in [1.82, 2.24) is 0 Å². The van der Waals surface area contributed by atoms with Crippen LogP contribution in [0.25, 0.3) is 0 Å². The fourth-order valence-corrected chi connectivity index (χ4v) is 2.56. The Balaban J connectivity index is 2.53. The van der Waals surface area contributed by atoms with Crippen molar-refractivity contribution < 1.29 is 30.0 Å². The van der Waals surface area contributed by atoms with Crippen molar-refractivity contribution in [3.63, 3.8) is 0 Å². The first-order valence-corrected chi connectivity index (χ1v) is 8.07. The van der Waals surface area contributed by atoms with Gasteiger partial charge >= 0.3 is 5.97 Å². The third kappa shape index (κ3) is 4.15. The molecule has 0 aliphatic rings. The highest BCUT2D eigenvalue weighted by Crippen LogP contribution is 2.40. The Hall–Kier alpha value is -2.99. The summed E-state index contributed by atoms with van der Waals surface area (Å²) >= 11 is 0. The second-order valence-electron chi connectivity index (χ2n) is 6.27. The molecule has 0 heterocycles. The number of rotatable bonds is 6. The smallest absolute Gasteiger partial charge is 0.343 e. The third-order valence-electron chi connectivity index (χ3n) is 3.84. The average molecular weight is 358 g/mol. The molecule has 0 saturated carbocycles. The van der Waals surface area contributed by atoms with E-state index in [-0.39, 0.29) is 23.0 Å². The Morgan fingerprint density at radius 2 is 1.85 bits per heavy atom. The van der Waals surface area contributed by atoms with E-state index in [1.807, 2.05) is 19.9 Å². The van der Waals surface area contributed by atoms with Crippen molar-refractivity contribution >= 4 is 5.97 Å². The average Bonchev–Trinajstić information content (AvgIpc) is 2.55. The first-order chi connectivity index (χ1) is 12.2. The molecule has 0 aromatic heterocycles. The van der Waals surface area contributed by atoms with Crippen LogP contribution in [0.5, 0.6) is 23.0 Å². The Bertz CT molecular complexity index is 863. The molecule has 0 spiro atoms. The van der Waals surface area contributed by atoms with Gasteiger partial charge in [0.1, 0.15) is 17.1 Å². The molecule has 0 fully saturated rings. The molecule has 0 amide bonds. The Morgan fingerprint density at radius 1 is 1.15 bits per heavy atom. The van der Waals surface area contributed by atoms with E-state index >= 15 is 0 Å². The van der Waals surface area contributed by atoms with E-state index in [0.29, 0.717) is 17.5 Å². The number of ether oxygens (including phenoxy) is 1. The SMILES string of the molecule is CC(C)=CCc1ccc(Oc2c(O)cc(C)cc2CO)c(C(=O)O)c1O. The fourth-order valence-electron chi connectivity index (χ4n) is 2.56. The fraction of sp³-hybridized carbons (Fsp3) is 0.250. The van der Waals surface area contributed by atoms with Crippen molar-refractivity contribution in [3.8, 4) is 23.0 Å². The number of carboxylic acids is 1. The number of hydrogen-bond acceptors (Lipinski definition) is 5. The number of allylic oxidation sites excluding steroid dienone is 2. The highest BCUT2D eigenvalue weighted by Gasteiger charge is 2.22. The van der Waals surface area contributed by atoms with Crippen LogP contribution < -0.4 is 4.74 Å². The highest BCUT2D eigenvalue weighted by atomic mass is 16.5. The second kappa shape index (κ2) is 7.93. The van der Waals surface area contributed by atoms with Gasteiger partial charge in [-0.3, -0.25) is 0 Å². The summed E-state index contributed by atoms with van der Waals surface area (Å²) in [4.78, 5) is 11.6. The van der Waals surface area contributed by atoms with E-state index in [2.05, 4.69) is 0 Å². The molecular weight excluding hydrogens is 336 g/mol. The number of aromatic hydroxyl groups is 2. The van der Waals surface area contributed by atoms with Crippen molar-refractivity contribution in [2.45, 2.75) is 33.8 Å². The van der Waals surface area contributed by atoms with Gasteiger partial charge in [-0.1, -0.05) is 17.7 Å². The van der Waals surface area contributed by atoms with Crippen LogP contribution in [0.3, 0.4) is 0 Å². The molecule has 4 N–H and O–H groups in total. The second-order valence-corrected chi connectivity index (χ2v) is 6.27. The van der Waals surface area contributed by atoms with Gasteiger partial charge in [-0.2, -0.15) is 0 Å². The number of benzene rings is 2. The van der Waals surface area contributed by atoms with Crippen LogP contribution in [0.2, 0.25) is 0 Å². The molecule has 6 nitrogen and oxygen atoms in total. The van der Waals surface area contributed by atoms with Gasteiger partial charge in [-0.05, 0) is 56.5 Å². The monoisotopic (exact) mass is 358 g/mol. The number of phenols is 2. The normalized spacial score (nSPS) is 10.5. The van der Waals surface area contributed by atoms with Gasteiger partial charge in [-0.25, -0.2) is 4.79 Å². The summed E-state index contributed by atoms with van der Waals surface area (Å²) in [5.74, 6) is -2.13. The highest BCUT2D eigenvalue weighted by molar-refractivity contribution is 5.94. The molecule has 2 aromatic carbocycles. The molecule has 2 aromatic rings. The summed E-state index contributed by atoms with van der Waals surface area (Å²) in [5.41, 5.74) is 2.13. The molecular formula is C20H22O6. The standard InChI is InChI=1S/C20H22O6/c1-11(2)4-5-13-6-7-16(17(18(13)23)20(24)25)26-19-14(10-21)8-12(3)9-15(19)22/h4,6-9,21-23H,5,10H2,1-3H3,(H,24,25). The zero-order chi connectivity index (χ0) is 19.4. The molecule has 0 saturated heterocycles. The summed E-state index contributed by atoms with van der Waals surface area (Å²) in [5, 5.41) is 39.5. The van der Waals surface area contributed by atoms with Crippen LogP contribution in [-0.4, -0.2) is 26.4 Å². The van der Waals surface area contributed by atoms with Crippen LogP contribution in [0.4, 0.5) is 0 Å². The van der Waals surface area contributed by atoms with Crippen LogP contribution in [0.1, 0.15) is 40.9 Å². The maximum Gasteiger partial charge on any atom is 0.343 e. The Morgan fingerprint density at radius 3 is 2.42 bits per heavy atom. The zero-order valence-corrected chi connectivity index (χ0v) is 14.9. The number of aromatic carboxylic acids is 1. The van der Waals surface area contributed by atoms with Gasteiger partial charge in [0.25, 0.3) is 0 Å². The lowest BCUT2D eigenvalue weighted by Gasteiger charge is -2.16. The molecule has 26 heavy (non-hydrogen) atoms. The minimum atomic E-state index is -1.35. The molecule has 138 valence electrons. The van der Waals surface area contributed by atoms with Crippen LogP contribution >= 0.6 is 0 Å². The molecule has 0 aliphatic heterocycles. The maximum atomic E-state index is 11.6. The van der Waals surface area contributed by atoms with E-state index in [1.54, 1.807) is 19.1 Å². The van der Waals surface area contributed by atoms with Crippen LogP contribution in [0, 0.1) is 6.92 Å². The molecule has 2 rings (SSSR count). The van der Waals surface area contributed by atoms with Gasteiger partial charge in [-0.15, -0.1) is 0 Å². The van der Waals surface area contributed by atoms with E-state index in [4.69, 9.17) is 4.74 Å². The topological polar surface area (TPSA) is 107 Å². The summed E-state index contributed by atoms with van der Waals surface area (Å²) in [7, 11) is 0. The molecule has 0 aliphatic carbocycles. The Labute approximate surface area is 151 Å². The Kier molecular flexibility index (Phi) is 5.90. The summed E-state index contributed by atoms with van der Waals surface area (Å²) in [6, 6.07) is 6.06. The van der Waals surface area contributed by atoms with Gasteiger partial charge in [0, 0.05) is 5.56 Å². The number of aryl methyl sites for hydroxylation is 1. The van der Waals surface area contributed by atoms with E-state index in [9.17, 15) is 25.2 Å². The van der Waals surface area contributed by atoms with E-state index in [0.717, 1.165) is 11.1 Å². The lowest BCUT2D eigenvalue weighted by Crippen LogP contribution is -2.04. The largest absolute Gasteiger partial charge is 0.507 e. The summed E-state index contributed by atoms with van der Waals surface area (Å²) in [6.07, 6.45) is 2.25. The number of hydrogen-bond donors (Lipinski definition) is 4. The lowest BCUT2D eigenvalue weighted by molar-refractivity contribution is 0.0690. The van der Waals surface area contributed by atoms with Gasteiger partial charge in [0.2, 0.25) is 0 Å². The lowest BCUT2D eigenvalue weighted by atomic mass is 10.0. The first kappa shape index (κ1) is 19.3. The summed E-state index contributed by atoms with van der Waals surface area (Å²) in [6.45, 7) is 5.17. The number of phenolic OH excluding ortho intramolecular Hbond substituents is 1. The molecule has 0 bridgehead atoms. The number of aliphatic hydroxyl groups is 1.